The van der Waals surface area contributed by atoms with Gasteiger partial charge in [-0.25, -0.2) is 0 Å². The van der Waals surface area contributed by atoms with Crippen LogP contribution in [0.3, 0.4) is 0 Å². The standard InChI is InChI=1S/C16H26N2O2/c1-4-10-18(11-5-2)16(19)13-17-14-8-7-9-15(12-14)20-6-3/h7-9,12,17H,4-6,10-11,13H2,1-3H3. The van der Waals surface area contributed by atoms with Gasteiger partial charge in [-0.05, 0) is 31.9 Å². The zero-order valence-electron chi connectivity index (χ0n) is 12.8. The molecule has 112 valence electrons. The summed E-state index contributed by atoms with van der Waals surface area (Å²) in [5.41, 5.74) is 0.914. The average molecular weight is 278 g/mol. The number of nitrogens with one attached hydrogen (secondary N) is 1. The molecule has 0 bridgehead atoms. The number of nitrogens with zero attached hydrogens (tertiary/aromatic N) is 1. The number of carbonyl (C=O) groups is 1. The van der Waals surface area contributed by atoms with Gasteiger partial charge in [0.05, 0.1) is 13.2 Å². The van der Waals surface area contributed by atoms with Crippen LogP contribution in [0.15, 0.2) is 24.3 Å². The van der Waals surface area contributed by atoms with Gasteiger partial charge in [0.1, 0.15) is 5.75 Å². The van der Waals surface area contributed by atoms with Crippen LogP contribution in [0.2, 0.25) is 0 Å². The molecule has 0 atom stereocenters. The van der Waals surface area contributed by atoms with E-state index in [4.69, 9.17) is 4.74 Å². The van der Waals surface area contributed by atoms with Gasteiger partial charge in [0.2, 0.25) is 5.91 Å². The second-order valence-electron chi connectivity index (χ2n) is 4.70. The third-order valence-corrected chi connectivity index (χ3v) is 2.93. The van der Waals surface area contributed by atoms with Crippen molar-refractivity contribution in [3.63, 3.8) is 0 Å². The largest absolute Gasteiger partial charge is 0.494 e. The lowest BCUT2D eigenvalue weighted by molar-refractivity contribution is -0.129. The summed E-state index contributed by atoms with van der Waals surface area (Å²) in [6, 6.07) is 7.70. The Labute approximate surface area is 122 Å². The molecule has 0 aliphatic rings. The summed E-state index contributed by atoms with van der Waals surface area (Å²) in [6.45, 7) is 8.76. The molecule has 0 unspecified atom stereocenters. The first kappa shape index (κ1) is 16.3. The van der Waals surface area contributed by atoms with Gasteiger partial charge in [-0.2, -0.15) is 0 Å². The first-order chi connectivity index (χ1) is 9.71. The van der Waals surface area contributed by atoms with Crippen LogP contribution in [0.25, 0.3) is 0 Å². The van der Waals surface area contributed by atoms with Crippen molar-refractivity contribution in [2.75, 3.05) is 31.6 Å². The van der Waals surface area contributed by atoms with Crippen LogP contribution in [-0.2, 0) is 4.79 Å². The summed E-state index contributed by atoms with van der Waals surface area (Å²) in [7, 11) is 0. The van der Waals surface area contributed by atoms with Crippen molar-refractivity contribution in [1.29, 1.82) is 0 Å². The normalized spacial score (nSPS) is 10.2. The first-order valence-corrected chi connectivity index (χ1v) is 7.45. The third-order valence-electron chi connectivity index (χ3n) is 2.93. The van der Waals surface area contributed by atoms with E-state index in [1.807, 2.05) is 36.1 Å². The Balaban J connectivity index is 2.52. The molecule has 1 rings (SSSR count). The molecule has 0 spiro atoms. The number of ether oxygens (including phenoxy) is 1. The number of hydrogen-bond donors (Lipinski definition) is 1. The maximum atomic E-state index is 12.1. The smallest absolute Gasteiger partial charge is 0.241 e. The van der Waals surface area contributed by atoms with E-state index in [0.29, 0.717) is 13.2 Å². The van der Waals surface area contributed by atoms with E-state index in [0.717, 1.165) is 37.4 Å². The SMILES string of the molecule is CCCN(CCC)C(=O)CNc1cccc(OCC)c1. The van der Waals surface area contributed by atoms with Crippen LogP contribution in [-0.4, -0.2) is 37.0 Å². The van der Waals surface area contributed by atoms with Crippen LogP contribution < -0.4 is 10.1 Å². The van der Waals surface area contributed by atoms with Gasteiger partial charge in [0.25, 0.3) is 0 Å². The minimum atomic E-state index is 0.149. The molecule has 1 amide bonds. The number of anilines is 1. The molecule has 0 heterocycles. The van der Waals surface area contributed by atoms with E-state index in [-0.39, 0.29) is 5.91 Å². The summed E-state index contributed by atoms with van der Waals surface area (Å²) < 4.78 is 5.44. The predicted octanol–water partition coefficient (Wildman–Crippen LogP) is 3.15. The lowest BCUT2D eigenvalue weighted by Crippen LogP contribution is -2.36. The molecular formula is C16H26N2O2. The minimum Gasteiger partial charge on any atom is -0.494 e. The lowest BCUT2D eigenvalue weighted by Gasteiger charge is -2.22. The fourth-order valence-electron chi connectivity index (χ4n) is 2.05. The van der Waals surface area contributed by atoms with Crippen molar-refractivity contribution in [2.24, 2.45) is 0 Å². The van der Waals surface area contributed by atoms with Crippen LogP contribution in [0, 0.1) is 0 Å². The van der Waals surface area contributed by atoms with E-state index in [1.165, 1.54) is 0 Å². The zero-order valence-corrected chi connectivity index (χ0v) is 12.8. The Kier molecular flexibility index (Phi) is 7.55. The number of carbonyl (C=O) groups excluding carboxylic acids is 1. The summed E-state index contributed by atoms with van der Waals surface area (Å²) in [4.78, 5) is 14.1. The topological polar surface area (TPSA) is 41.6 Å². The molecule has 0 saturated heterocycles. The Morgan fingerprint density at radius 2 is 1.90 bits per heavy atom. The van der Waals surface area contributed by atoms with E-state index >= 15 is 0 Å². The van der Waals surface area contributed by atoms with Gasteiger partial charge in [-0.1, -0.05) is 19.9 Å². The van der Waals surface area contributed by atoms with Crippen molar-refractivity contribution in [1.82, 2.24) is 4.90 Å². The highest BCUT2D eigenvalue weighted by Crippen LogP contribution is 2.17. The summed E-state index contributed by atoms with van der Waals surface area (Å²) in [6.07, 6.45) is 1.98. The second kappa shape index (κ2) is 9.23. The molecular weight excluding hydrogens is 252 g/mol. The number of rotatable bonds is 9. The highest BCUT2D eigenvalue weighted by Gasteiger charge is 2.11. The Bertz CT molecular complexity index is 401. The van der Waals surface area contributed by atoms with Crippen LogP contribution in [0.4, 0.5) is 5.69 Å². The fraction of sp³-hybridized carbons (Fsp3) is 0.562. The van der Waals surface area contributed by atoms with Gasteiger partial charge >= 0.3 is 0 Å². The molecule has 0 aliphatic heterocycles. The van der Waals surface area contributed by atoms with Crippen molar-refractivity contribution in [3.05, 3.63) is 24.3 Å². The molecule has 1 aromatic rings. The molecule has 1 aromatic carbocycles. The highest BCUT2D eigenvalue weighted by molar-refractivity contribution is 5.80. The summed E-state index contributed by atoms with van der Waals surface area (Å²) >= 11 is 0. The minimum absolute atomic E-state index is 0.149. The monoisotopic (exact) mass is 278 g/mol. The van der Waals surface area contributed by atoms with E-state index in [1.54, 1.807) is 0 Å². The summed E-state index contributed by atoms with van der Waals surface area (Å²) in [5, 5.41) is 3.17. The average Bonchev–Trinajstić information content (AvgIpc) is 2.45. The van der Waals surface area contributed by atoms with Crippen molar-refractivity contribution in [2.45, 2.75) is 33.6 Å². The van der Waals surface area contributed by atoms with Gasteiger partial charge in [-0.3, -0.25) is 4.79 Å². The molecule has 0 fully saturated rings. The Morgan fingerprint density at radius 1 is 1.20 bits per heavy atom. The quantitative estimate of drug-likeness (QED) is 0.754. The van der Waals surface area contributed by atoms with E-state index < -0.39 is 0 Å². The van der Waals surface area contributed by atoms with E-state index in [9.17, 15) is 4.79 Å². The molecule has 0 aromatic heterocycles. The van der Waals surface area contributed by atoms with Crippen molar-refractivity contribution >= 4 is 11.6 Å². The van der Waals surface area contributed by atoms with Crippen LogP contribution in [0.1, 0.15) is 33.6 Å². The Hall–Kier alpha value is -1.71. The van der Waals surface area contributed by atoms with Gasteiger partial charge in [0.15, 0.2) is 0 Å². The highest BCUT2D eigenvalue weighted by atomic mass is 16.5. The Morgan fingerprint density at radius 3 is 2.50 bits per heavy atom. The maximum Gasteiger partial charge on any atom is 0.241 e. The van der Waals surface area contributed by atoms with Gasteiger partial charge in [-0.15, -0.1) is 0 Å². The molecule has 4 heteroatoms. The number of hydrogen-bond acceptors (Lipinski definition) is 3. The van der Waals surface area contributed by atoms with Crippen LogP contribution >= 0.6 is 0 Å². The molecule has 0 radical (unpaired) electrons. The molecule has 1 N–H and O–H groups in total. The molecule has 0 aliphatic carbocycles. The maximum absolute atomic E-state index is 12.1. The second-order valence-corrected chi connectivity index (χ2v) is 4.70. The van der Waals surface area contributed by atoms with Gasteiger partial charge in [0, 0.05) is 24.8 Å². The van der Waals surface area contributed by atoms with Crippen LogP contribution in [0.5, 0.6) is 5.75 Å². The lowest BCUT2D eigenvalue weighted by atomic mass is 10.3. The fourth-order valence-corrected chi connectivity index (χ4v) is 2.05. The van der Waals surface area contributed by atoms with Crippen molar-refractivity contribution < 1.29 is 9.53 Å². The number of benzene rings is 1. The zero-order chi connectivity index (χ0) is 14.8. The third kappa shape index (κ3) is 5.51. The molecule has 4 nitrogen and oxygen atoms in total. The van der Waals surface area contributed by atoms with E-state index in [2.05, 4.69) is 19.2 Å². The first-order valence-electron chi connectivity index (χ1n) is 7.45. The van der Waals surface area contributed by atoms with Crippen molar-refractivity contribution in [3.8, 4) is 5.75 Å². The van der Waals surface area contributed by atoms with Gasteiger partial charge < -0.3 is 15.0 Å². The molecule has 0 saturated carbocycles. The predicted molar refractivity (Wildman–Crippen MR) is 83.3 cm³/mol. The number of amides is 1. The summed E-state index contributed by atoms with van der Waals surface area (Å²) in [5.74, 6) is 0.972. The molecule has 20 heavy (non-hydrogen) atoms.